The van der Waals surface area contributed by atoms with E-state index in [2.05, 4.69) is 5.32 Å². The lowest BCUT2D eigenvalue weighted by Gasteiger charge is -2.10. The van der Waals surface area contributed by atoms with Crippen molar-refractivity contribution in [1.82, 2.24) is 0 Å². The van der Waals surface area contributed by atoms with Crippen LogP contribution in [0.1, 0.15) is 32.2 Å². The largest absolute Gasteiger partial charge is 0.495 e. The molecule has 0 aliphatic carbocycles. The number of hydrogen-bond donors (Lipinski definition) is 2. The number of amides is 2. The molecule has 3 rings (SSSR count). The average molecular weight is 391 g/mol. The molecule has 0 fully saturated rings. The summed E-state index contributed by atoms with van der Waals surface area (Å²) in [5.41, 5.74) is 6.19. The quantitative estimate of drug-likeness (QED) is 0.637. The maximum absolute atomic E-state index is 12.5. The number of primary amides is 1. The first-order valence-corrected chi connectivity index (χ1v) is 8.51. The number of nitrogens with two attached hydrogens (primary N) is 1. The predicted octanol–water partition coefficient (Wildman–Crippen LogP) is 3.09. The minimum Gasteiger partial charge on any atom is -0.495 e. The number of methoxy groups -OCH3 is 1. The molecule has 3 N–H and O–H groups in total. The topological polar surface area (TPSA) is 128 Å². The van der Waals surface area contributed by atoms with Crippen LogP contribution in [0.5, 0.6) is 11.5 Å². The highest BCUT2D eigenvalue weighted by atomic mass is 16.5. The number of hydrogen-bond acceptors (Lipinski definition) is 6. The first-order chi connectivity index (χ1) is 14.0. The van der Waals surface area contributed by atoms with Crippen LogP contribution < -0.4 is 20.5 Å². The normalized spacial score (nSPS) is 10.1. The molecule has 8 nitrogen and oxygen atoms in total. The summed E-state index contributed by atoms with van der Waals surface area (Å²) < 4.78 is 16.3. The summed E-state index contributed by atoms with van der Waals surface area (Å²) >= 11 is 0. The molecule has 2 amide bonds. The highest BCUT2D eigenvalue weighted by Gasteiger charge is 2.16. The molecule has 0 saturated carbocycles. The van der Waals surface area contributed by atoms with Crippen LogP contribution in [0.2, 0.25) is 0 Å². The Morgan fingerprint density at radius 3 is 2.66 bits per heavy atom. The SMILES string of the molecule is COc1ccc(C(N)=O)cc1NC(=O)c1ccc(COc2ccccc2C#N)o1. The maximum Gasteiger partial charge on any atom is 0.291 e. The van der Waals surface area contributed by atoms with Crippen LogP contribution in [0.3, 0.4) is 0 Å². The van der Waals surface area contributed by atoms with Gasteiger partial charge in [0.25, 0.3) is 5.91 Å². The molecule has 0 saturated heterocycles. The number of para-hydroxylation sites is 1. The van der Waals surface area contributed by atoms with Gasteiger partial charge < -0.3 is 24.9 Å². The molecule has 1 heterocycles. The van der Waals surface area contributed by atoms with E-state index in [0.717, 1.165) is 0 Å². The Kier molecular flexibility index (Phi) is 5.80. The first-order valence-electron chi connectivity index (χ1n) is 8.51. The van der Waals surface area contributed by atoms with Crippen LogP contribution in [-0.2, 0) is 6.61 Å². The van der Waals surface area contributed by atoms with Crippen LogP contribution in [0.25, 0.3) is 0 Å². The third-order valence-electron chi connectivity index (χ3n) is 4.00. The standard InChI is InChI=1S/C21H17N3O5/c1-27-18-8-6-13(20(23)25)10-16(18)24-21(26)19-9-7-15(29-19)12-28-17-5-3-2-4-14(17)11-22/h2-10H,12H2,1H3,(H2,23,25)(H,24,26). The number of nitriles is 1. The van der Waals surface area contributed by atoms with Crippen molar-refractivity contribution in [3.8, 4) is 17.6 Å². The Morgan fingerprint density at radius 2 is 1.93 bits per heavy atom. The van der Waals surface area contributed by atoms with Crippen LogP contribution in [-0.4, -0.2) is 18.9 Å². The molecular weight excluding hydrogens is 374 g/mol. The number of carbonyl (C=O) groups is 2. The smallest absolute Gasteiger partial charge is 0.291 e. The second kappa shape index (κ2) is 8.63. The highest BCUT2D eigenvalue weighted by Crippen LogP contribution is 2.26. The van der Waals surface area contributed by atoms with Gasteiger partial charge in [-0.05, 0) is 42.5 Å². The van der Waals surface area contributed by atoms with E-state index in [1.54, 1.807) is 30.3 Å². The molecule has 3 aromatic rings. The molecule has 2 aromatic carbocycles. The fourth-order valence-corrected chi connectivity index (χ4v) is 2.55. The Labute approximate surface area is 166 Å². The van der Waals surface area contributed by atoms with Gasteiger partial charge in [-0.2, -0.15) is 5.26 Å². The first kappa shape index (κ1) is 19.5. The summed E-state index contributed by atoms with van der Waals surface area (Å²) in [5, 5.41) is 11.7. The molecule has 0 radical (unpaired) electrons. The molecule has 1 aromatic heterocycles. The van der Waals surface area contributed by atoms with E-state index in [1.165, 1.54) is 31.4 Å². The van der Waals surface area contributed by atoms with Crippen LogP contribution >= 0.6 is 0 Å². The Balaban J connectivity index is 1.71. The van der Waals surface area contributed by atoms with Crippen LogP contribution in [0.4, 0.5) is 5.69 Å². The Bertz CT molecular complexity index is 1100. The van der Waals surface area contributed by atoms with Crippen molar-refractivity contribution >= 4 is 17.5 Å². The van der Waals surface area contributed by atoms with Crippen molar-refractivity contribution < 1.29 is 23.5 Å². The van der Waals surface area contributed by atoms with Crippen molar-refractivity contribution in [2.75, 3.05) is 12.4 Å². The highest BCUT2D eigenvalue weighted by molar-refractivity contribution is 6.04. The molecule has 29 heavy (non-hydrogen) atoms. The van der Waals surface area contributed by atoms with E-state index in [0.29, 0.717) is 22.8 Å². The predicted molar refractivity (Wildman–Crippen MR) is 104 cm³/mol. The summed E-state index contributed by atoms with van der Waals surface area (Å²) in [4.78, 5) is 23.9. The Morgan fingerprint density at radius 1 is 1.14 bits per heavy atom. The van der Waals surface area contributed by atoms with Gasteiger partial charge in [-0.3, -0.25) is 9.59 Å². The second-order valence-electron chi connectivity index (χ2n) is 5.90. The van der Waals surface area contributed by atoms with E-state index >= 15 is 0 Å². The Hall–Kier alpha value is -4.25. The molecule has 0 aliphatic heterocycles. The third-order valence-corrected chi connectivity index (χ3v) is 4.00. The number of benzene rings is 2. The number of furan rings is 1. The minimum absolute atomic E-state index is 0.0451. The molecule has 0 aliphatic rings. The number of ether oxygens (including phenoxy) is 2. The summed E-state index contributed by atoms with van der Waals surface area (Å²) in [6.07, 6.45) is 0. The van der Waals surface area contributed by atoms with E-state index in [1.807, 2.05) is 6.07 Å². The van der Waals surface area contributed by atoms with Gasteiger partial charge in [0.05, 0.1) is 18.4 Å². The lowest BCUT2D eigenvalue weighted by Crippen LogP contribution is -2.15. The van der Waals surface area contributed by atoms with Gasteiger partial charge in [0.15, 0.2) is 5.76 Å². The van der Waals surface area contributed by atoms with Crippen molar-refractivity contribution in [1.29, 1.82) is 5.26 Å². The molecule has 8 heteroatoms. The third kappa shape index (κ3) is 4.54. The zero-order chi connectivity index (χ0) is 20.8. The monoisotopic (exact) mass is 391 g/mol. The minimum atomic E-state index is -0.627. The van der Waals surface area contributed by atoms with Gasteiger partial charge >= 0.3 is 0 Å². The van der Waals surface area contributed by atoms with Gasteiger partial charge in [-0.1, -0.05) is 12.1 Å². The van der Waals surface area contributed by atoms with Gasteiger partial charge in [0.1, 0.15) is 29.9 Å². The second-order valence-corrected chi connectivity index (χ2v) is 5.90. The van der Waals surface area contributed by atoms with Crippen molar-refractivity contribution in [2.45, 2.75) is 6.61 Å². The van der Waals surface area contributed by atoms with Crippen molar-refractivity contribution in [3.05, 3.63) is 77.2 Å². The summed E-state index contributed by atoms with van der Waals surface area (Å²) in [5.74, 6) is 0.0771. The van der Waals surface area contributed by atoms with E-state index < -0.39 is 11.8 Å². The average Bonchev–Trinajstić information content (AvgIpc) is 3.21. The van der Waals surface area contributed by atoms with Gasteiger partial charge in [0.2, 0.25) is 5.91 Å². The van der Waals surface area contributed by atoms with Crippen molar-refractivity contribution in [2.24, 2.45) is 5.73 Å². The molecule has 146 valence electrons. The van der Waals surface area contributed by atoms with Gasteiger partial charge in [0, 0.05) is 5.56 Å². The molecule has 0 bridgehead atoms. The van der Waals surface area contributed by atoms with E-state index in [-0.39, 0.29) is 23.6 Å². The van der Waals surface area contributed by atoms with Gasteiger partial charge in [-0.25, -0.2) is 0 Å². The summed E-state index contributed by atoms with van der Waals surface area (Å²) in [7, 11) is 1.44. The number of anilines is 1. The number of nitrogens with zero attached hydrogens (tertiary/aromatic N) is 1. The summed E-state index contributed by atoms with van der Waals surface area (Å²) in [6.45, 7) is 0.0481. The fourth-order valence-electron chi connectivity index (χ4n) is 2.55. The van der Waals surface area contributed by atoms with Crippen LogP contribution in [0, 0.1) is 11.3 Å². The number of nitrogens with one attached hydrogen (secondary N) is 1. The molecular formula is C21H17N3O5. The van der Waals surface area contributed by atoms with E-state index in [4.69, 9.17) is 24.9 Å². The van der Waals surface area contributed by atoms with Crippen molar-refractivity contribution in [3.63, 3.8) is 0 Å². The summed E-state index contributed by atoms with van der Waals surface area (Å²) in [6, 6.07) is 16.4. The maximum atomic E-state index is 12.5. The van der Waals surface area contributed by atoms with Crippen LogP contribution in [0.15, 0.2) is 59.0 Å². The zero-order valence-electron chi connectivity index (χ0n) is 15.5. The lowest BCUT2D eigenvalue weighted by molar-refractivity contribution is 0.0985. The van der Waals surface area contributed by atoms with E-state index in [9.17, 15) is 9.59 Å². The zero-order valence-corrected chi connectivity index (χ0v) is 15.5. The molecule has 0 spiro atoms. The lowest BCUT2D eigenvalue weighted by atomic mass is 10.1. The molecule has 0 unspecified atom stereocenters. The molecule has 0 atom stereocenters. The van der Waals surface area contributed by atoms with Gasteiger partial charge in [-0.15, -0.1) is 0 Å². The number of rotatable bonds is 7. The number of carbonyl (C=O) groups excluding carboxylic acids is 2. The fraction of sp³-hybridized carbons (Fsp3) is 0.0952.